The summed E-state index contributed by atoms with van der Waals surface area (Å²) in [4.78, 5) is 22.1. The van der Waals surface area contributed by atoms with Gasteiger partial charge in [0.2, 0.25) is 5.91 Å². The van der Waals surface area contributed by atoms with E-state index in [9.17, 15) is 4.79 Å². The van der Waals surface area contributed by atoms with Crippen LogP contribution in [0.5, 0.6) is 0 Å². The first-order valence-corrected chi connectivity index (χ1v) is 9.03. The van der Waals surface area contributed by atoms with Gasteiger partial charge in [-0.25, -0.2) is 0 Å². The number of rotatable bonds is 7. The maximum atomic E-state index is 13.2. The van der Waals surface area contributed by atoms with Gasteiger partial charge in [-0.1, -0.05) is 19.9 Å². The maximum absolute atomic E-state index is 13.2. The van der Waals surface area contributed by atoms with Gasteiger partial charge in [-0.2, -0.15) is 12.6 Å². The molecule has 1 N–H and O–H groups in total. The number of likely N-dealkylation sites (N-methyl/N-ethyl adjacent to an activating group) is 2. The maximum Gasteiger partial charge on any atom is 0.249 e. The second-order valence-corrected chi connectivity index (χ2v) is 6.24. The summed E-state index contributed by atoms with van der Waals surface area (Å²) in [6.45, 7) is 8.38. The number of hydrogen-bond acceptors (Lipinski definition) is 6. The fourth-order valence-electron chi connectivity index (χ4n) is 3.42. The fraction of sp³-hybridized carbons (Fsp3) is 0.647. The third-order valence-corrected chi connectivity index (χ3v) is 5.36. The molecule has 1 aliphatic heterocycles. The summed E-state index contributed by atoms with van der Waals surface area (Å²) < 4.78 is 5.46. The number of carbonyl (C=O) groups is 1. The second-order valence-electron chi connectivity index (χ2n) is 5.75. The van der Waals surface area contributed by atoms with Gasteiger partial charge in [0, 0.05) is 26.3 Å². The Balaban J connectivity index is 2.58. The molecule has 6 nitrogen and oxygen atoms in total. The highest BCUT2D eigenvalue weighted by Crippen LogP contribution is 2.36. The number of nitrogens with zero attached hydrogens (tertiary/aromatic N) is 3. The van der Waals surface area contributed by atoms with Gasteiger partial charge < -0.3 is 10.1 Å². The highest BCUT2D eigenvalue weighted by molar-refractivity contribution is 7.81. The number of thiol groups is 1. The van der Waals surface area contributed by atoms with Gasteiger partial charge in [-0.05, 0) is 25.2 Å². The van der Waals surface area contributed by atoms with Crippen molar-refractivity contribution in [2.45, 2.75) is 24.8 Å². The van der Waals surface area contributed by atoms with Gasteiger partial charge >= 0.3 is 0 Å². The predicted octanol–water partition coefficient (Wildman–Crippen LogP) is 0.953. The van der Waals surface area contributed by atoms with Crippen LogP contribution in [0.1, 0.15) is 19.5 Å². The number of amides is 1. The lowest BCUT2D eigenvalue weighted by atomic mass is 9.88. The monoisotopic (exact) mass is 352 g/mol. The van der Waals surface area contributed by atoms with Gasteiger partial charge in [-0.3, -0.25) is 19.6 Å². The third kappa shape index (κ3) is 3.44. The number of aromatic nitrogens is 1. The molecule has 2 atom stereocenters. The van der Waals surface area contributed by atoms with Crippen molar-refractivity contribution in [2.75, 3.05) is 46.4 Å². The van der Waals surface area contributed by atoms with Crippen LogP contribution in [0, 0.1) is 0 Å². The molecule has 2 heterocycles. The van der Waals surface area contributed by atoms with E-state index in [1.807, 2.05) is 18.2 Å². The molecule has 1 saturated heterocycles. The van der Waals surface area contributed by atoms with Crippen LogP contribution in [0.25, 0.3) is 0 Å². The van der Waals surface area contributed by atoms with Crippen LogP contribution in [0.2, 0.25) is 0 Å². The van der Waals surface area contributed by atoms with Crippen LogP contribution in [-0.2, 0) is 15.1 Å². The van der Waals surface area contributed by atoms with E-state index in [0.29, 0.717) is 13.2 Å². The molecule has 24 heavy (non-hydrogen) atoms. The van der Waals surface area contributed by atoms with Crippen LogP contribution >= 0.6 is 12.6 Å². The van der Waals surface area contributed by atoms with E-state index in [1.54, 1.807) is 13.2 Å². The lowest BCUT2D eigenvalue weighted by Crippen LogP contribution is -2.66. The lowest BCUT2D eigenvalue weighted by Gasteiger charge is -2.48. The summed E-state index contributed by atoms with van der Waals surface area (Å²) in [7, 11) is 1.67. The predicted molar refractivity (Wildman–Crippen MR) is 98.1 cm³/mol. The minimum absolute atomic E-state index is 0.0867. The molecule has 1 aliphatic rings. The summed E-state index contributed by atoms with van der Waals surface area (Å²) in [5, 5.41) is 2.52. The minimum atomic E-state index is -0.958. The molecule has 0 aromatic carbocycles. The molecule has 7 heteroatoms. The Labute approximate surface area is 150 Å². The molecule has 1 amide bonds. The Hall–Kier alpha value is -1.15. The molecule has 0 spiro atoms. The zero-order valence-corrected chi connectivity index (χ0v) is 15.6. The number of morpholine rings is 1. The summed E-state index contributed by atoms with van der Waals surface area (Å²) in [5.74, 6) is -0.0867. The first-order chi connectivity index (χ1) is 11.6. The van der Waals surface area contributed by atoms with E-state index in [1.165, 1.54) is 0 Å². The molecule has 0 bridgehead atoms. The molecule has 2 rings (SSSR count). The van der Waals surface area contributed by atoms with E-state index in [0.717, 1.165) is 31.9 Å². The van der Waals surface area contributed by atoms with Crippen molar-refractivity contribution in [3.63, 3.8) is 0 Å². The van der Waals surface area contributed by atoms with Gasteiger partial charge in [0.15, 0.2) is 5.54 Å². The molecule has 1 aromatic heterocycles. The van der Waals surface area contributed by atoms with Crippen molar-refractivity contribution < 1.29 is 9.53 Å². The summed E-state index contributed by atoms with van der Waals surface area (Å²) in [6.07, 6.45) is 1.73. The second kappa shape index (κ2) is 8.80. The van der Waals surface area contributed by atoms with Crippen LogP contribution in [0.3, 0.4) is 0 Å². The summed E-state index contributed by atoms with van der Waals surface area (Å²) >= 11 is 4.93. The highest BCUT2D eigenvalue weighted by Gasteiger charge is 2.52. The van der Waals surface area contributed by atoms with Crippen molar-refractivity contribution in [3.8, 4) is 0 Å². The van der Waals surface area contributed by atoms with E-state index in [4.69, 9.17) is 17.4 Å². The lowest BCUT2D eigenvalue weighted by molar-refractivity contribution is -0.138. The van der Waals surface area contributed by atoms with Gasteiger partial charge in [0.1, 0.15) is 0 Å². The van der Waals surface area contributed by atoms with E-state index < -0.39 is 5.54 Å². The Morgan fingerprint density at radius 3 is 2.58 bits per heavy atom. The minimum Gasteiger partial charge on any atom is -0.379 e. The number of ether oxygens (including phenoxy) is 1. The SMILES string of the molecule is CCN(CC)C(C(=O)NC)(c1ccccn1)C(S)N1CCOCC1. The molecule has 0 aliphatic carbocycles. The van der Waals surface area contributed by atoms with Gasteiger partial charge in [0.25, 0.3) is 0 Å². The summed E-state index contributed by atoms with van der Waals surface area (Å²) in [5.41, 5.74) is -0.237. The van der Waals surface area contributed by atoms with Crippen molar-refractivity contribution in [1.29, 1.82) is 0 Å². The number of hydrogen-bond donors (Lipinski definition) is 2. The zero-order chi connectivity index (χ0) is 17.6. The van der Waals surface area contributed by atoms with Crippen LogP contribution in [-0.4, -0.2) is 72.5 Å². The largest absolute Gasteiger partial charge is 0.379 e. The smallest absolute Gasteiger partial charge is 0.249 e. The molecular weight excluding hydrogens is 324 g/mol. The van der Waals surface area contributed by atoms with Gasteiger partial charge in [0.05, 0.1) is 24.3 Å². The normalized spacial score (nSPS) is 19.7. The quantitative estimate of drug-likeness (QED) is 0.716. The number of pyridine rings is 1. The van der Waals surface area contributed by atoms with Gasteiger partial charge in [-0.15, -0.1) is 0 Å². The highest BCUT2D eigenvalue weighted by atomic mass is 32.1. The number of carbonyl (C=O) groups excluding carboxylic acids is 1. The third-order valence-electron chi connectivity index (χ3n) is 4.66. The molecule has 1 fully saturated rings. The molecule has 1 aromatic rings. The van der Waals surface area contributed by atoms with Crippen LogP contribution in [0.4, 0.5) is 0 Å². The fourth-order valence-corrected chi connectivity index (χ4v) is 4.07. The van der Waals surface area contributed by atoms with E-state index in [-0.39, 0.29) is 11.3 Å². The Kier molecular flexibility index (Phi) is 7.03. The topological polar surface area (TPSA) is 57.7 Å². The average Bonchev–Trinajstić information content (AvgIpc) is 2.66. The van der Waals surface area contributed by atoms with Crippen LogP contribution in [0.15, 0.2) is 24.4 Å². The van der Waals surface area contributed by atoms with E-state index >= 15 is 0 Å². The molecule has 134 valence electrons. The molecule has 0 saturated carbocycles. The first-order valence-electron chi connectivity index (χ1n) is 8.51. The number of nitrogens with one attached hydrogen (secondary N) is 1. The molecule has 2 unspecified atom stereocenters. The average molecular weight is 353 g/mol. The Bertz CT molecular complexity index is 521. The first kappa shape index (κ1) is 19.2. The molecular formula is C17H28N4O2S. The van der Waals surface area contributed by atoms with Crippen LogP contribution < -0.4 is 5.32 Å². The molecule has 0 radical (unpaired) electrons. The Morgan fingerprint density at radius 2 is 2.08 bits per heavy atom. The standard InChI is InChI=1S/C17H28N4O2S/c1-4-21(5-2)17(15(22)18-3,14-8-6-7-9-19-14)16(24)20-10-12-23-13-11-20/h6-9,16,24H,4-5,10-13H2,1-3H3,(H,18,22). The van der Waals surface area contributed by atoms with E-state index in [2.05, 4.69) is 33.9 Å². The van der Waals surface area contributed by atoms with Crippen molar-refractivity contribution in [3.05, 3.63) is 30.1 Å². The van der Waals surface area contributed by atoms with Crippen molar-refractivity contribution in [2.24, 2.45) is 0 Å². The Morgan fingerprint density at radius 1 is 1.42 bits per heavy atom. The van der Waals surface area contributed by atoms with Crippen molar-refractivity contribution in [1.82, 2.24) is 20.1 Å². The summed E-state index contributed by atoms with van der Waals surface area (Å²) in [6, 6.07) is 5.70. The van der Waals surface area contributed by atoms with Crippen molar-refractivity contribution >= 4 is 18.5 Å². The zero-order valence-electron chi connectivity index (χ0n) is 14.7.